The molecular weight excluding hydrogens is 264 g/mol. The molecule has 1 aromatic carbocycles. The molecule has 0 aliphatic rings. The highest BCUT2D eigenvalue weighted by molar-refractivity contribution is 6.31. The number of hydrogen-bond acceptors (Lipinski definition) is 5. The van der Waals surface area contributed by atoms with Crippen LogP contribution in [0.25, 0.3) is 0 Å². The zero-order valence-electron chi connectivity index (χ0n) is 9.93. The van der Waals surface area contributed by atoms with E-state index in [1.165, 1.54) is 0 Å². The van der Waals surface area contributed by atoms with Crippen molar-refractivity contribution < 1.29 is 4.74 Å². The predicted molar refractivity (Wildman–Crippen MR) is 72.5 cm³/mol. The molecule has 19 heavy (non-hydrogen) atoms. The number of nitriles is 1. The average Bonchev–Trinajstić information content (AvgIpc) is 2.46. The van der Waals surface area contributed by atoms with Gasteiger partial charge in [0.05, 0.1) is 16.3 Å². The van der Waals surface area contributed by atoms with Crippen molar-refractivity contribution in [1.29, 1.82) is 5.26 Å². The Balaban J connectivity index is 2.17. The fraction of sp³-hybridized carbons (Fsp3) is 0.0769. The van der Waals surface area contributed by atoms with Crippen LogP contribution in [0.4, 0.5) is 5.82 Å². The molecular formula is C13H11ClN4O. The van der Waals surface area contributed by atoms with Crippen LogP contribution in [0.3, 0.4) is 0 Å². The number of hydrazine groups is 1. The minimum absolute atomic E-state index is 0.160. The standard InChI is InChI=1S/C13H11ClN4O/c14-10-5-6-13(18-16)17-11(10)8-19-12-4-2-1-3-9(12)7-15/h1-6H,8,16H2,(H,17,18). The zero-order valence-corrected chi connectivity index (χ0v) is 10.7. The van der Waals surface area contributed by atoms with Gasteiger partial charge < -0.3 is 10.2 Å². The maximum atomic E-state index is 8.95. The second-order valence-corrected chi connectivity index (χ2v) is 4.07. The number of nitrogens with zero attached hydrogens (tertiary/aromatic N) is 2. The van der Waals surface area contributed by atoms with E-state index in [0.717, 1.165) is 0 Å². The Kier molecular flexibility index (Phi) is 4.18. The van der Waals surface area contributed by atoms with Gasteiger partial charge in [-0.1, -0.05) is 23.7 Å². The predicted octanol–water partition coefficient (Wildman–Crippen LogP) is 2.47. The van der Waals surface area contributed by atoms with Gasteiger partial charge in [0.2, 0.25) is 0 Å². The molecule has 2 rings (SSSR count). The highest BCUT2D eigenvalue weighted by atomic mass is 35.5. The molecule has 0 unspecified atom stereocenters. The molecule has 5 nitrogen and oxygen atoms in total. The van der Waals surface area contributed by atoms with E-state index in [1.54, 1.807) is 36.4 Å². The molecule has 0 aliphatic carbocycles. The Bertz CT molecular complexity index is 624. The number of para-hydroxylation sites is 1. The number of anilines is 1. The number of nitrogen functional groups attached to an aromatic ring is 1. The van der Waals surface area contributed by atoms with Crippen LogP contribution in [0.1, 0.15) is 11.3 Å². The highest BCUT2D eigenvalue weighted by Gasteiger charge is 2.07. The van der Waals surface area contributed by atoms with Crippen LogP contribution in [0.5, 0.6) is 5.75 Å². The molecule has 0 atom stereocenters. The van der Waals surface area contributed by atoms with E-state index in [-0.39, 0.29) is 6.61 Å². The van der Waals surface area contributed by atoms with Gasteiger partial charge in [0.1, 0.15) is 24.2 Å². The van der Waals surface area contributed by atoms with Gasteiger partial charge in [-0.3, -0.25) is 0 Å². The number of hydrogen-bond donors (Lipinski definition) is 2. The topological polar surface area (TPSA) is 84.0 Å². The molecule has 1 aromatic heterocycles. The summed E-state index contributed by atoms with van der Waals surface area (Å²) >= 11 is 6.02. The monoisotopic (exact) mass is 274 g/mol. The molecule has 2 aromatic rings. The lowest BCUT2D eigenvalue weighted by Crippen LogP contribution is -2.10. The van der Waals surface area contributed by atoms with Gasteiger partial charge >= 0.3 is 0 Å². The summed E-state index contributed by atoms with van der Waals surface area (Å²) in [6, 6.07) is 12.4. The van der Waals surface area contributed by atoms with Crippen LogP contribution in [0.2, 0.25) is 5.02 Å². The first-order valence-corrected chi connectivity index (χ1v) is 5.86. The van der Waals surface area contributed by atoms with E-state index < -0.39 is 0 Å². The summed E-state index contributed by atoms with van der Waals surface area (Å²) in [5, 5.41) is 9.43. The number of ether oxygens (including phenoxy) is 1. The molecule has 0 spiro atoms. The Morgan fingerprint density at radius 1 is 1.32 bits per heavy atom. The largest absolute Gasteiger partial charge is 0.486 e. The van der Waals surface area contributed by atoms with Gasteiger partial charge in [-0.2, -0.15) is 5.26 Å². The van der Waals surface area contributed by atoms with Crippen LogP contribution in [0, 0.1) is 11.3 Å². The third-order valence-corrected chi connectivity index (χ3v) is 2.78. The minimum Gasteiger partial charge on any atom is -0.486 e. The summed E-state index contributed by atoms with van der Waals surface area (Å²) in [5.41, 5.74) is 3.45. The van der Waals surface area contributed by atoms with Crippen molar-refractivity contribution in [2.24, 2.45) is 5.84 Å². The average molecular weight is 275 g/mol. The first kappa shape index (κ1) is 13.1. The molecule has 0 saturated heterocycles. The van der Waals surface area contributed by atoms with E-state index in [0.29, 0.717) is 27.8 Å². The Hall–Kier alpha value is -2.29. The second kappa shape index (κ2) is 6.05. The van der Waals surface area contributed by atoms with Crippen LogP contribution >= 0.6 is 11.6 Å². The van der Waals surface area contributed by atoms with Crippen LogP contribution in [0.15, 0.2) is 36.4 Å². The number of nitrogens with one attached hydrogen (secondary N) is 1. The van der Waals surface area contributed by atoms with Gasteiger partial charge in [-0.15, -0.1) is 0 Å². The third kappa shape index (κ3) is 3.13. The smallest absolute Gasteiger partial charge is 0.140 e. The van der Waals surface area contributed by atoms with Gasteiger partial charge in [0.25, 0.3) is 0 Å². The molecule has 0 fully saturated rings. The fourth-order valence-corrected chi connectivity index (χ4v) is 1.66. The van der Waals surface area contributed by atoms with Crippen LogP contribution in [-0.2, 0) is 6.61 Å². The summed E-state index contributed by atoms with van der Waals surface area (Å²) in [7, 11) is 0. The summed E-state index contributed by atoms with van der Waals surface area (Å²) in [4.78, 5) is 4.19. The van der Waals surface area contributed by atoms with Crippen molar-refractivity contribution >= 4 is 17.4 Å². The quantitative estimate of drug-likeness (QED) is 0.661. The number of aromatic nitrogens is 1. The van der Waals surface area contributed by atoms with E-state index in [4.69, 9.17) is 27.4 Å². The van der Waals surface area contributed by atoms with Gasteiger partial charge in [-0.25, -0.2) is 10.8 Å². The summed E-state index contributed by atoms with van der Waals surface area (Å²) < 4.78 is 5.56. The molecule has 0 radical (unpaired) electrons. The van der Waals surface area contributed by atoms with E-state index in [1.807, 2.05) is 0 Å². The second-order valence-electron chi connectivity index (χ2n) is 3.67. The Labute approximate surface area is 115 Å². The lowest BCUT2D eigenvalue weighted by atomic mass is 10.2. The molecule has 0 bridgehead atoms. The van der Waals surface area contributed by atoms with E-state index in [2.05, 4.69) is 16.5 Å². The molecule has 0 saturated carbocycles. The van der Waals surface area contributed by atoms with Crippen molar-refractivity contribution in [2.75, 3.05) is 5.43 Å². The van der Waals surface area contributed by atoms with Crippen molar-refractivity contribution in [2.45, 2.75) is 6.61 Å². The summed E-state index contributed by atoms with van der Waals surface area (Å²) in [5.74, 6) is 6.27. The maximum Gasteiger partial charge on any atom is 0.140 e. The molecule has 6 heteroatoms. The van der Waals surface area contributed by atoms with Crippen molar-refractivity contribution in [3.05, 3.63) is 52.7 Å². The Morgan fingerprint density at radius 2 is 2.11 bits per heavy atom. The third-order valence-electron chi connectivity index (χ3n) is 2.44. The fourth-order valence-electron chi connectivity index (χ4n) is 1.50. The number of benzene rings is 1. The van der Waals surface area contributed by atoms with Gasteiger partial charge in [0.15, 0.2) is 0 Å². The first-order chi connectivity index (χ1) is 9.24. The lowest BCUT2D eigenvalue weighted by Gasteiger charge is -2.09. The van der Waals surface area contributed by atoms with Crippen LogP contribution < -0.4 is 16.0 Å². The molecule has 1 heterocycles. The van der Waals surface area contributed by atoms with Gasteiger partial charge in [0, 0.05) is 0 Å². The molecule has 0 aliphatic heterocycles. The SMILES string of the molecule is N#Cc1ccccc1OCc1nc(NN)ccc1Cl. The summed E-state index contributed by atoms with van der Waals surface area (Å²) in [6.45, 7) is 0.160. The van der Waals surface area contributed by atoms with Gasteiger partial charge in [-0.05, 0) is 24.3 Å². The van der Waals surface area contributed by atoms with Crippen molar-refractivity contribution in [3.63, 3.8) is 0 Å². The Morgan fingerprint density at radius 3 is 2.84 bits per heavy atom. The minimum atomic E-state index is 0.160. The normalized spacial score (nSPS) is 9.74. The number of nitrogens with two attached hydrogens (primary N) is 1. The maximum absolute atomic E-state index is 8.95. The molecule has 96 valence electrons. The molecule has 3 N–H and O–H groups in total. The first-order valence-electron chi connectivity index (χ1n) is 5.48. The highest BCUT2D eigenvalue weighted by Crippen LogP contribution is 2.21. The summed E-state index contributed by atoms with van der Waals surface area (Å²) in [6.07, 6.45) is 0. The lowest BCUT2D eigenvalue weighted by molar-refractivity contribution is 0.300. The number of rotatable bonds is 4. The van der Waals surface area contributed by atoms with Crippen molar-refractivity contribution in [1.82, 2.24) is 4.98 Å². The van der Waals surface area contributed by atoms with E-state index in [9.17, 15) is 0 Å². The van der Waals surface area contributed by atoms with Crippen LogP contribution in [-0.4, -0.2) is 4.98 Å². The molecule has 0 amide bonds. The zero-order chi connectivity index (χ0) is 13.7. The number of pyridine rings is 1. The number of halogens is 1. The van der Waals surface area contributed by atoms with E-state index >= 15 is 0 Å². The van der Waals surface area contributed by atoms with Crippen molar-refractivity contribution in [3.8, 4) is 11.8 Å².